The molecule has 0 unspecified atom stereocenters. The topological polar surface area (TPSA) is 38.3 Å². The third-order valence-electron chi connectivity index (χ3n) is 4.12. The molecule has 1 heterocycles. The van der Waals surface area contributed by atoms with E-state index < -0.39 is 5.72 Å². The van der Waals surface area contributed by atoms with E-state index in [9.17, 15) is 4.79 Å². The molecule has 0 radical (unpaired) electrons. The predicted octanol–water partition coefficient (Wildman–Crippen LogP) is 3.35. The first kappa shape index (κ1) is 12.5. The maximum absolute atomic E-state index is 12.3. The summed E-state index contributed by atoms with van der Waals surface area (Å²) in [5.74, 6) is 1.26. The van der Waals surface area contributed by atoms with Crippen LogP contribution in [0.5, 0.6) is 5.75 Å². The van der Waals surface area contributed by atoms with Crippen LogP contribution in [0.3, 0.4) is 0 Å². The molecule has 0 aromatic heterocycles. The molecule has 19 heavy (non-hydrogen) atoms. The van der Waals surface area contributed by atoms with E-state index in [4.69, 9.17) is 4.74 Å². The van der Waals surface area contributed by atoms with Crippen molar-refractivity contribution in [1.29, 1.82) is 0 Å². The van der Waals surface area contributed by atoms with Gasteiger partial charge < -0.3 is 10.1 Å². The fourth-order valence-corrected chi connectivity index (χ4v) is 3.92. The van der Waals surface area contributed by atoms with Crippen molar-refractivity contribution in [1.82, 2.24) is 5.32 Å². The number of hydrogen-bond donors (Lipinski definition) is 1. The lowest BCUT2D eigenvalue weighted by Crippen LogP contribution is -2.60. The molecule has 1 N–H and O–H groups in total. The van der Waals surface area contributed by atoms with Gasteiger partial charge in [-0.05, 0) is 29.9 Å². The van der Waals surface area contributed by atoms with Crippen LogP contribution in [-0.4, -0.2) is 11.6 Å². The van der Waals surface area contributed by atoms with E-state index in [2.05, 4.69) is 26.1 Å². The lowest BCUT2D eigenvalue weighted by molar-refractivity contribution is -0.0618. The monoisotopic (exact) mass is 259 g/mol. The van der Waals surface area contributed by atoms with Gasteiger partial charge in [-0.3, -0.25) is 4.79 Å². The molecule has 102 valence electrons. The predicted molar refractivity (Wildman–Crippen MR) is 74.1 cm³/mol. The van der Waals surface area contributed by atoms with Crippen molar-refractivity contribution in [3.8, 4) is 5.75 Å². The summed E-state index contributed by atoms with van der Waals surface area (Å²) in [6.45, 7) is 6.74. The lowest BCUT2D eigenvalue weighted by atomic mass is 9.68. The van der Waals surface area contributed by atoms with Crippen molar-refractivity contribution in [2.24, 2.45) is 11.3 Å². The van der Waals surface area contributed by atoms with Gasteiger partial charge in [-0.25, -0.2) is 0 Å². The maximum atomic E-state index is 12.3. The molecule has 1 aromatic carbocycles. The summed E-state index contributed by atoms with van der Waals surface area (Å²) >= 11 is 0. The van der Waals surface area contributed by atoms with E-state index in [1.807, 2.05) is 24.3 Å². The van der Waals surface area contributed by atoms with Gasteiger partial charge in [-0.15, -0.1) is 0 Å². The van der Waals surface area contributed by atoms with E-state index in [1.54, 1.807) is 0 Å². The van der Waals surface area contributed by atoms with Gasteiger partial charge in [-0.2, -0.15) is 0 Å². The Morgan fingerprint density at radius 1 is 1.26 bits per heavy atom. The number of hydrogen-bond acceptors (Lipinski definition) is 2. The van der Waals surface area contributed by atoms with E-state index in [-0.39, 0.29) is 11.3 Å². The van der Waals surface area contributed by atoms with Crippen LogP contribution in [0.2, 0.25) is 0 Å². The number of benzene rings is 1. The molecule has 1 amide bonds. The first-order valence-electron chi connectivity index (χ1n) is 7.00. The Morgan fingerprint density at radius 3 is 2.74 bits per heavy atom. The molecule has 0 bridgehead atoms. The summed E-state index contributed by atoms with van der Waals surface area (Å²) in [5, 5.41) is 3.11. The van der Waals surface area contributed by atoms with Crippen molar-refractivity contribution in [2.75, 3.05) is 0 Å². The van der Waals surface area contributed by atoms with Crippen molar-refractivity contribution in [3.63, 3.8) is 0 Å². The Kier molecular flexibility index (Phi) is 2.63. The fourth-order valence-electron chi connectivity index (χ4n) is 3.92. The molecule has 3 nitrogen and oxygen atoms in total. The molecule has 2 atom stereocenters. The number of carbonyl (C=O) groups excluding carboxylic acids is 1. The highest BCUT2D eigenvalue weighted by molar-refractivity contribution is 5.98. The van der Waals surface area contributed by atoms with E-state index >= 15 is 0 Å². The fraction of sp³-hybridized carbons (Fsp3) is 0.562. The summed E-state index contributed by atoms with van der Waals surface area (Å²) in [6, 6.07) is 7.49. The van der Waals surface area contributed by atoms with Gasteiger partial charge in [-0.1, -0.05) is 32.9 Å². The van der Waals surface area contributed by atoms with Crippen LogP contribution >= 0.6 is 0 Å². The zero-order chi connectivity index (χ0) is 13.7. The number of rotatable bonds is 0. The first-order chi connectivity index (χ1) is 8.89. The minimum atomic E-state index is -0.521. The third-order valence-corrected chi connectivity index (χ3v) is 4.12. The third kappa shape index (κ3) is 2.22. The highest BCUT2D eigenvalue weighted by Crippen LogP contribution is 2.46. The van der Waals surface area contributed by atoms with Crippen molar-refractivity contribution >= 4 is 5.91 Å². The van der Waals surface area contributed by atoms with Crippen LogP contribution < -0.4 is 10.1 Å². The van der Waals surface area contributed by atoms with E-state index in [0.717, 1.165) is 18.6 Å². The van der Waals surface area contributed by atoms with Gasteiger partial charge in [0, 0.05) is 12.8 Å². The number of amides is 1. The minimum Gasteiger partial charge on any atom is -0.467 e. The molecule has 1 saturated carbocycles. The number of fused-ring (bicyclic) bond motifs is 1. The molecule has 1 aliphatic heterocycles. The molecule has 0 saturated heterocycles. The minimum absolute atomic E-state index is 0.00764. The molecule has 1 fully saturated rings. The Bertz CT molecular complexity index is 523. The van der Waals surface area contributed by atoms with Gasteiger partial charge in [0.05, 0.1) is 5.56 Å². The molecular formula is C16H21NO2. The molecule has 3 rings (SSSR count). The molecular weight excluding hydrogens is 238 g/mol. The van der Waals surface area contributed by atoms with Crippen molar-refractivity contribution in [3.05, 3.63) is 29.8 Å². The second kappa shape index (κ2) is 3.99. The molecule has 3 heteroatoms. The number of para-hydroxylation sites is 1. The SMILES string of the molecule is C[C@H]1CC(C)(C)C[C@]2(C1)NC(=O)c1ccccc1O2. The number of carbonyl (C=O) groups is 1. The van der Waals surface area contributed by atoms with Crippen LogP contribution in [0.25, 0.3) is 0 Å². The highest BCUT2D eigenvalue weighted by Gasteiger charge is 2.48. The summed E-state index contributed by atoms with van der Waals surface area (Å²) < 4.78 is 6.20. The summed E-state index contributed by atoms with van der Waals surface area (Å²) in [7, 11) is 0. The Labute approximate surface area is 114 Å². The summed E-state index contributed by atoms with van der Waals surface area (Å²) in [5.41, 5.74) is 0.313. The zero-order valence-electron chi connectivity index (χ0n) is 11.8. The summed E-state index contributed by atoms with van der Waals surface area (Å²) in [6.07, 6.45) is 2.93. The van der Waals surface area contributed by atoms with Crippen LogP contribution in [0.4, 0.5) is 0 Å². The van der Waals surface area contributed by atoms with Gasteiger partial charge in [0.15, 0.2) is 5.72 Å². The van der Waals surface area contributed by atoms with Crippen LogP contribution in [0.15, 0.2) is 24.3 Å². The Morgan fingerprint density at radius 2 is 2.00 bits per heavy atom. The molecule has 1 aliphatic carbocycles. The van der Waals surface area contributed by atoms with E-state index in [1.165, 1.54) is 6.42 Å². The quantitative estimate of drug-likeness (QED) is 0.776. The standard InChI is InChI=1S/C16H21NO2/c1-11-8-15(2,3)10-16(9-11)17-14(18)12-6-4-5-7-13(12)19-16/h4-7,11H,8-10H2,1-3H3,(H,17,18)/t11-,16+/m0/s1. The van der Waals surface area contributed by atoms with Gasteiger partial charge in [0.1, 0.15) is 5.75 Å². The molecule has 1 aromatic rings. The Hall–Kier alpha value is -1.51. The van der Waals surface area contributed by atoms with E-state index in [0.29, 0.717) is 11.5 Å². The maximum Gasteiger partial charge on any atom is 0.258 e. The smallest absolute Gasteiger partial charge is 0.258 e. The molecule has 1 spiro atoms. The Balaban J connectivity index is 1.97. The highest BCUT2D eigenvalue weighted by atomic mass is 16.5. The second-order valence-corrected chi connectivity index (χ2v) is 6.90. The van der Waals surface area contributed by atoms with Crippen molar-refractivity contribution < 1.29 is 9.53 Å². The summed E-state index contributed by atoms with van der Waals surface area (Å²) in [4.78, 5) is 12.3. The normalized spacial score (nSPS) is 32.4. The van der Waals surface area contributed by atoms with Crippen LogP contribution in [-0.2, 0) is 0 Å². The first-order valence-corrected chi connectivity index (χ1v) is 7.00. The second-order valence-electron chi connectivity index (χ2n) is 6.90. The van der Waals surface area contributed by atoms with Gasteiger partial charge in [0.2, 0.25) is 0 Å². The van der Waals surface area contributed by atoms with Crippen molar-refractivity contribution in [2.45, 2.75) is 45.8 Å². The average Bonchev–Trinajstić information content (AvgIpc) is 2.25. The number of ether oxygens (including phenoxy) is 1. The number of nitrogens with one attached hydrogen (secondary N) is 1. The van der Waals surface area contributed by atoms with Crippen LogP contribution in [0.1, 0.15) is 50.4 Å². The average molecular weight is 259 g/mol. The van der Waals surface area contributed by atoms with Gasteiger partial charge in [0.25, 0.3) is 5.91 Å². The zero-order valence-corrected chi connectivity index (χ0v) is 11.8. The van der Waals surface area contributed by atoms with Crippen LogP contribution in [0, 0.1) is 11.3 Å². The molecule has 2 aliphatic rings. The van der Waals surface area contributed by atoms with Gasteiger partial charge >= 0.3 is 0 Å². The largest absolute Gasteiger partial charge is 0.467 e. The lowest BCUT2D eigenvalue weighted by Gasteiger charge is -2.49.